The van der Waals surface area contributed by atoms with Gasteiger partial charge in [0.2, 0.25) is 5.91 Å². The predicted molar refractivity (Wildman–Crippen MR) is 112 cm³/mol. The van der Waals surface area contributed by atoms with E-state index in [9.17, 15) is 18.0 Å². The minimum Gasteiger partial charge on any atom is -0.471 e. The summed E-state index contributed by atoms with van der Waals surface area (Å²) in [7, 11) is 0. The van der Waals surface area contributed by atoms with Crippen molar-refractivity contribution in [3.05, 3.63) is 57.6 Å². The number of aromatic nitrogens is 4. The zero-order valence-corrected chi connectivity index (χ0v) is 18.7. The number of aryl methyl sites for hydroxylation is 3. The van der Waals surface area contributed by atoms with Gasteiger partial charge in [-0.25, -0.2) is 4.68 Å². The minimum absolute atomic E-state index is 0.0102. The van der Waals surface area contributed by atoms with Crippen LogP contribution < -0.4 is 10.1 Å². The maximum Gasteiger partial charge on any atom is 0.436 e. The number of alkyl halides is 3. The number of benzene rings is 1. The van der Waals surface area contributed by atoms with E-state index in [0.717, 1.165) is 21.6 Å². The second-order valence-corrected chi connectivity index (χ2v) is 7.87. The van der Waals surface area contributed by atoms with Gasteiger partial charge in [-0.05, 0) is 48.3 Å². The zero-order valence-electron chi connectivity index (χ0n) is 17.1. The Balaban J connectivity index is 1.53. The van der Waals surface area contributed by atoms with Crippen LogP contribution in [0.3, 0.4) is 0 Å². The molecule has 3 rings (SSSR count). The van der Waals surface area contributed by atoms with Crippen molar-refractivity contribution in [2.75, 3.05) is 5.32 Å². The molecule has 7 nitrogen and oxygen atoms in total. The lowest BCUT2D eigenvalue weighted by Crippen LogP contribution is -2.16. The Morgan fingerprint density at radius 3 is 2.65 bits per heavy atom. The number of ether oxygens (including phenoxy) is 1. The summed E-state index contributed by atoms with van der Waals surface area (Å²) in [5.41, 5.74) is 1.91. The van der Waals surface area contributed by atoms with Crippen LogP contribution >= 0.6 is 15.9 Å². The minimum atomic E-state index is -4.56. The molecule has 0 atom stereocenters. The van der Waals surface area contributed by atoms with Crippen LogP contribution in [-0.4, -0.2) is 25.5 Å². The van der Waals surface area contributed by atoms with Gasteiger partial charge in [0.1, 0.15) is 5.75 Å². The lowest BCUT2D eigenvalue weighted by atomic mass is 10.1. The average Bonchev–Trinajstić information content (AvgIpc) is 3.24. The fourth-order valence-corrected chi connectivity index (χ4v) is 3.46. The van der Waals surface area contributed by atoms with E-state index < -0.39 is 11.9 Å². The highest BCUT2D eigenvalue weighted by molar-refractivity contribution is 9.10. The van der Waals surface area contributed by atoms with Gasteiger partial charge in [-0.2, -0.15) is 23.4 Å². The summed E-state index contributed by atoms with van der Waals surface area (Å²) in [6, 6.07) is 5.85. The van der Waals surface area contributed by atoms with Crippen molar-refractivity contribution in [2.24, 2.45) is 0 Å². The van der Waals surface area contributed by atoms with Gasteiger partial charge in [-0.3, -0.25) is 9.48 Å². The molecule has 0 aliphatic heterocycles. The molecule has 3 aromatic rings. The number of rotatable bonds is 7. The predicted octanol–water partition coefficient (Wildman–Crippen LogP) is 4.85. The van der Waals surface area contributed by atoms with E-state index >= 15 is 0 Å². The second kappa shape index (κ2) is 9.13. The lowest BCUT2D eigenvalue weighted by molar-refractivity contribution is -0.142. The molecule has 11 heteroatoms. The number of nitrogens with one attached hydrogen (secondary N) is 1. The highest BCUT2D eigenvalue weighted by Gasteiger charge is 2.37. The van der Waals surface area contributed by atoms with Crippen molar-refractivity contribution in [3.8, 4) is 5.75 Å². The van der Waals surface area contributed by atoms with Crippen LogP contribution in [0.1, 0.15) is 28.9 Å². The normalized spacial score (nSPS) is 11.6. The lowest BCUT2D eigenvalue weighted by Gasteiger charge is -2.09. The maximum absolute atomic E-state index is 12.9. The fraction of sp³-hybridized carbons (Fsp3) is 0.350. The van der Waals surface area contributed by atoms with Crippen LogP contribution in [-0.2, 0) is 24.2 Å². The van der Waals surface area contributed by atoms with Crippen LogP contribution in [0.15, 0.2) is 35.1 Å². The first-order chi connectivity index (χ1) is 14.5. The van der Waals surface area contributed by atoms with E-state index in [2.05, 4.69) is 31.4 Å². The molecule has 166 valence electrons. The highest BCUT2D eigenvalue weighted by Crippen LogP contribution is 2.35. The largest absolute Gasteiger partial charge is 0.471 e. The molecule has 2 aromatic heterocycles. The Hall–Kier alpha value is -2.82. The van der Waals surface area contributed by atoms with Gasteiger partial charge in [-0.15, -0.1) is 0 Å². The molecule has 0 aliphatic rings. The standard InChI is InChI=1S/C20H21BrF3N5O2/c1-12-4-5-16(13(2)8-12)31-11-28-10-15(9-25-28)26-17(30)6-7-29-14(3)18(21)19(27-29)20(22,23)24/h4-5,8-10H,6-7,11H2,1-3H3,(H,26,30). The molecule has 1 amide bonds. The number of carbonyl (C=O) groups excluding carboxylic acids is 1. The molecule has 0 spiro atoms. The van der Waals surface area contributed by atoms with E-state index in [1.54, 1.807) is 6.20 Å². The zero-order chi connectivity index (χ0) is 22.8. The summed E-state index contributed by atoms with van der Waals surface area (Å²) in [5, 5.41) is 10.4. The monoisotopic (exact) mass is 499 g/mol. The number of hydrogen-bond donors (Lipinski definition) is 1. The van der Waals surface area contributed by atoms with E-state index in [0.29, 0.717) is 11.4 Å². The second-order valence-electron chi connectivity index (χ2n) is 7.08. The molecule has 0 radical (unpaired) electrons. The molecule has 0 fully saturated rings. The molecule has 2 heterocycles. The van der Waals surface area contributed by atoms with Gasteiger partial charge in [0.05, 0.1) is 34.8 Å². The molecule has 0 saturated heterocycles. The van der Waals surface area contributed by atoms with E-state index in [1.807, 2.05) is 32.0 Å². The third-order valence-electron chi connectivity index (χ3n) is 4.55. The van der Waals surface area contributed by atoms with Gasteiger partial charge in [0.25, 0.3) is 0 Å². The van der Waals surface area contributed by atoms with Crippen LogP contribution in [0, 0.1) is 20.8 Å². The number of anilines is 1. The first kappa shape index (κ1) is 22.9. The molecular formula is C20H21BrF3N5O2. The Labute approximate surface area is 185 Å². The van der Waals surface area contributed by atoms with Crippen LogP contribution in [0.5, 0.6) is 5.75 Å². The summed E-state index contributed by atoms with van der Waals surface area (Å²) in [6.07, 6.45) is -1.53. The van der Waals surface area contributed by atoms with Crippen LogP contribution in [0.2, 0.25) is 0 Å². The van der Waals surface area contributed by atoms with Crippen molar-refractivity contribution in [2.45, 2.75) is 46.6 Å². The maximum atomic E-state index is 12.9. The number of halogens is 4. The highest BCUT2D eigenvalue weighted by atomic mass is 79.9. The summed E-state index contributed by atoms with van der Waals surface area (Å²) < 4.78 is 47.1. The summed E-state index contributed by atoms with van der Waals surface area (Å²) in [6.45, 7) is 5.64. The van der Waals surface area contributed by atoms with Gasteiger partial charge < -0.3 is 10.1 Å². The van der Waals surface area contributed by atoms with Crippen molar-refractivity contribution in [1.82, 2.24) is 19.6 Å². The van der Waals surface area contributed by atoms with Crippen LogP contribution in [0.25, 0.3) is 0 Å². The van der Waals surface area contributed by atoms with E-state index in [1.165, 1.54) is 17.8 Å². The van der Waals surface area contributed by atoms with Crippen molar-refractivity contribution >= 4 is 27.5 Å². The molecule has 0 saturated carbocycles. The number of nitrogens with zero attached hydrogens (tertiary/aromatic N) is 4. The smallest absolute Gasteiger partial charge is 0.436 e. The average molecular weight is 500 g/mol. The van der Waals surface area contributed by atoms with Gasteiger partial charge in [0, 0.05) is 6.42 Å². The molecule has 0 aliphatic carbocycles. The summed E-state index contributed by atoms with van der Waals surface area (Å²) >= 11 is 2.91. The first-order valence-corrected chi connectivity index (χ1v) is 10.2. The van der Waals surface area contributed by atoms with Gasteiger partial charge >= 0.3 is 6.18 Å². The molecule has 1 N–H and O–H groups in total. The molecule has 0 bridgehead atoms. The summed E-state index contributed by atoms with van der Waals surface area (Å²) in [5.74, 6) is 0.375. The fourth-order valence-electron chi connectivity index (χ4n) is 2.95. The Morgan fingerprint density at radius 1 is 1.26 bits per heavy atom. The Morgan fingerprint density at radius 2 is 2.00 bits per heavy atom. The quantitative estimate of drug-likeness (QED) is 0.504. The van der Waals surface area contributed by atoms with Crippen molar-refractivity contribution < 1.29 is 22.7 Å². The van der Waals surface area contributed by atoms with Crippen LogP contribution in [0.4, 0.5) is 18.9 Å². The van der Waals surface area contributed by atoms with Gasteiger partial charge in [0.15, 0.2) is 12.4 Å². The third-order valence-corrected chi connectivity index (χ3v) is 5.50. The molecule has 1 aromatic carbocycles. The summed E-state index contributed by atoms with van der Waals surface area (Å²) in [4.78, 5) is 12.2. The Kier molecular flexibility index (Phi) is 6.73. The van der Waals surface area contributed by atoms with Crippen molar-refractivity contribution in [3.63, 3.8) is 0 Å². The SMILES string of the molecule is Cc1ccc(OCn2cc(NC(=O)CCn3nc(C(F)(F)F)c(Br)c3C)cn2)c(C)c1. The molecule has 0 unspecified atom stereocenters. The number of hydrogen-bond acceptors (Lipinski definition) is 4. The van der Waals surface area contributed by atoms with Crippen molar-refractivity contribution in [1.29, 1.82) is 0 Å². The van der Waals surface area contributed by atoms with E-state index in [4.69, 9.17) is 4.74 Å². The number of amides is 1. The molecular weight excluding hydrogens is 479 g/mol. The first-order valence-electron chi connectivity index (χ1n) is 9.37. The Bertz CT molecular complexity index is 1090. The van der Waals surface area contributed by atoms with Gasteiger partial charge in [-0.1, -0.05) is 17.7 Å². The van der Waals surface area contributed by atoms with E-state index in [-0.39, 0.29) is 30.1 Å². The topological polar surface area (TPSA) is 74.0 Å². The molecule has 31 heavy (non-hydrogen) atoms. The number of carbonyl (C=O) groups is 1. The third kappa shape index (κ3) is 5.66.